The van der Waals surface area contributed by atoms with Crippen molar-refractivity contribution in [1.82, 2.24) is 4.90 Å². The van der Waals surface area contributed by atoms with Crippen molar-refractivity contribution in [3.05, 3.63) is 0 Å². The number of carbonyl (C=O) groups excluding carboxylic acids is 1. The highest BCUT2D eigenvalue weighted by atomic mass is 35.5. The highest BCUT2D eigenvalue weighted by Crippen LogP contribution is 2.02. The smallest absolute Gasteiger partial charge is 0.179 e. The maximum Gasteiger partial charge on any atom is 0.179 e. The minimum atomic E-state index is -0.882. The zero-order valence-corrected chi connectivity index (χ0v) is 6.91. The van der Waals surface area contributed by atoms with E-state index >= 15 is 0 Å². The molecule has 0 aromatic heterocycles. The van der Waals surface area contributed by atoms with Crippen LogP contribution in [0.5, 0.6) is 0 Å². The molecule has 54 valence electrons. The molecule has 0 saturated carbocycles. The van der Waals surface area contributed by atoms with Crippen molar-refractivity contribution in [3.8, 4) is 0 Å². The number of Topliss-reactive ketones (excluding diaryl/α,β-unsaturated/α-hetero) is 1. The first-order valence-corrected chi connectivity index (χ1v) is 3.37. The van der Waals surface area contributed by atoms with Gasteiger partial charge in [-0.1, -0.05) is 23.2 Å². The van der Waals surface area contributed by atoms with E-state index in [1.54, 1.807) is 19.0 Å². The summed E-state index contributed by atoms with van der Waals surface area (Å²) >= 11 is 10.5. The molecule has 0 bridgehead atoms. The van der Waals surface area contributed by atoms with Gasteiger partial charge in [0.2, 0.25) is 0 Å². The van der Waals surface area contributed by atoms with Crippen molar-refractivity contribution in [3.63, 3.8) is 0 Å². The van der Waals surface area contributed by atoms with Crippen molar-refractivity contribution >= 4 is 29.0 Å². The third kappa shape index (κ3) is 4.70. The lowest BCUT2D eigenvalue weighted by atomic mass is 10.4. The van der Waals surface area contributed by atoms with Crippen molar-refractivity contribution < 1.29 is 4.79 Å². The first-order chi connectivity index (χ1) is 4.04. The summed E-state index contributed by atoms with van der Waals surface area (Å²) in [7, 11) is 3.57. The van der Waals surface area contributed by atoms with E-state index in [0.29, 0.717) is 6.54 Å². The SMILES string of the molecule is CN(C)CC(=O)C(Cl)Cl. The van der Waals surface area contributed by atoms with E-state index in [9.17, 15) is 4.79 Å². The molecule has 0 atom stereocenters. The highest BCUT2D eigenvalue weighted by molar-refractivity contribution is 6.53. The van der Waals surface area contributed by atoms with Crippen molar-refractivity contribution in [2.24, 2.45) is 0 Å². The van der Waals surface area contributed by atoms with E-state index in [-0.39, 0.29) is 5.78 Å². The molecule has 2 nitrogen and oxygen atoms in total. The molecule has 0 saturated heterocycles. The Hall–Kier alpha value is 0.210. The van der Waals surface area contributed by atoms with Crippen molar-refractivity contribution in [1.29, 1.82) is 0 Å². The minimum Gasteiger partial charge on any atom is -0.302 e. The summed E-state index contributed by atoms with van der Waals surface area (Å²) in [6.07, 6.45) is 0. The first kappa shape index (κ1) is 9.21. The molecular weight excluding hydrogens is 161 g/mol. The quantitative estimate of drug-likeness (QED) is 0.587. The molecule has 0 N–H and O–H groups in total. The first-order valence-electron chi connectivity index (χ1n) is 2.49. The van der Waals surface area contributed by atoms with E-state index in [1.165, 1.54) is 0 Å². The van der Waals surface area contributed by atoms with Gasteiger partial charge in [0, 0.05) is 0 Å². The molecule has 0 spiro atoms. The minimum absolute atomic E-state index is 0.164. The van der Waals surface area contributed by atoms with Gasteiger partial charge in [0.05, 0.1) is 6.54 Å². The van der Waals surface area contributed by atoms with Crippen LogP contribution in [0.1, 0.15) is 0 Å². The lowest BCUT2D eigenvalue weighted by molar-refractivity contribution is -0.118. The maximum absolute atomic E-state index is 10.6. The number of rotatable bonds is 3. The van der Waals surface area contributed by atoms with Gasteiger partial charge in [0.15, 0.2) is 10.6 Å². The number of nitrogens with zero attached hydrogens (tertiary/aromatic N) is 1. The number of halogens is 2. The average molecular weight is 170 g/mol. The topological polar surface area (TPSA) is 20.3 Å². The Morgan fingerprint density at radius 3 is 2.11 bits per heavy atom. The number of hydrogen-bond donors (Lipinski definition) is 0. The molecule has 0 aliphatic carbocycles. The molecule has 0 aliphatic heterocycles. The van der Waals surface area contributed by atoms with Crippen molar-refractivity contribution in [2.75, 3.05) is 20.6 Å². The number of hydrogen-bond acceptors (Lipinski definition) is 2. The Labute approximate surface area is 64.7 Å². The van der Waals surface area contributed by atoms with Crippen LogP contribution in [-0.2, 0) is 4.79 Å². The second-order valence-corrected chi connectivity index (χ2v) is 3.10. The number of likely N-dealkylation sites (N-methyl/N-ethyl adjacent to an activating group) is 1. The Bertz CT molecular complexity index is 103. The van der Waals surface area contributed by atoms with Crippen LogP contribution in [0.3, 0.4) is 0 Å². The molecule has 0 aromatic carbocycles. The summed E-state index contributed by atoms with van der Waals surface area (Å²) in [6, 6.07) is 0. The average Bonchev–Trinajstić information content (AvgIpc) is 1.63. The van der Waals surface area contributed by atoms with Crippen LogP contribution >= 0.6 is 23.2 Å². The zero-order valence-electron chi connectivity index (χ0n) is 5.40. The molecule has 0 radical (unpaired) electrons. The highest BCUT2D eigenvalue weighted by Gasteiger charge is 2.11. The fraction of sp³-hybridized carbons (Fsp3) is 0.800. The Morgan fingerprint density at radius 1 is 1.56 bits per heavy atom. The van der Waals surface area contributed by atoms with E-state index in [1.807, 2.05) is 0 Å². The summed E-state index contributed by atoms with van der Waals surface area (Å²) in [5, 5.41) is 0. The molecule has 9 heavy (non-hydrogen) atoms. The van der Waals surface area contributed by atoms with Gasteiger partial charge in [-0.05, 0) is 14.1 Å². The monoisotopic (exact) mass is 169 g/mol. The van der Waals surface area contributed by atoms with Crippen LogP contribution in [0, 0.1) is 0 Å². The molecule has 0 unspecified atom stereocenters. The lowest BCUT2D eigenvalue weighted by Crippen LogP contribution is -2.25. The van der Waals surface area contributed by atoms with Gasteiger partial charge in [0.25, 0.3) is 0 Å². The van der Waals surface area contributed by atoms with Crippen molar-refractivity contribution in [2.45, 2.75) is 4.84 Å². The zero-order chi connectivity index (χ0) is 7.44. The molecule has 0 aliphatic rings. The largest absolute Gasteiger partial charge is 0.302 e. The molecule has 0 aromatic rings. The second kappa shape index (κ2) is 4.09. The van der Waals surface area contributed by atoms with Crippen LogP contribution in [0.4, 0.5) is 0 Å². The molecule has 0 fully saturated rings. The van der Waals surface area contributed by atoms with Gasteiger partial charge in [-0.3, -0.25) is 4.79 Å². The standard InChI is InChI=1S/C5H9Cl2NO/c1-8(2)3-4(9)5(6)7/h5H,3H2,1-2H3. The van der Waals surface area contributed by atoms with Gasteiger partial charge in [0.1, 0.15) is 0 Å². The number of ketones is 1. The summed E-state index contributed by atoms with van der Waals surface area (Å²) in [6.45, 7) is 0.303. The molecular formula is C5H9Cl2NO. The molecule has 0 amide bonds. The predicted molar refractivity (Wildman–Crippen MR) is 39.1 cm³/mol. The summed E-state index contributed by atoms with van der Waals surface area (Å²) in [5.74, 6) is -0.164. The Balaban J connectivity index is 3.51. The normalized spacial score (nSPS) is 10.9. The third-order valence-corrected chi connectivity index (χ3v) is 1.20. The predicted octanol–water partition coefficient (Wildman–Crippen LogP) is 0.921. The van der Waals surface area contributed by atoms with Gasteiger partial charge >= 0.3 is 0 Å². The Morgan fingerprint density at radius 2 is 2.00 bits per heavy atom. The Kier molecular flexibility index (Phi) is 4.19. The molecule has 0 heterocycles. The van der Waals surface area contributed by atoms with Gasteiger partial charge in [-0.2, -0.15) is 0 Å². The van der Waals surface area contributed by atoms with Gasteiger partial charge < -0.3 is 4.90 Å². The van der Waals surface area contributed by atoms with Crippen LogP contribution in [-0.4, -0.2) is 36.2 Å². The summed E-state index contributed by atoms with van der Waals surface area (Å²) in [4.78, 5) is 11.5. The van der Waals surface area contributed by atoms with Gasteiger partial charge in [-0.25, -0.2) is 0 Å². The van der Waals surface area contributed by atoms with E-state index < -0.39 is 4.84 Å². The van der Waals surface area contributed by atoms with Crippen LogP contribution in [0.15, 0.2) is 0 Å². The van der Waals surface area contributed by atoms with E-state index in [2.05, 4.69) is 0 Å². The lowest BCUT2D eigenvalue weighted by Gasteiger charge is -2.07. The maximum atomic E-state index is 10.6. The fourth-order valence-corrected chi connectivity index (χ4v) is 0.519. The van der Waals surface area contributed by atoms with Crippen LogP contribution in [0.25, 0.3) is 0 Å². The number of carbonyl (C=O) groups is 1. The number of alkyl halides is 2. The summed E-state index contributed by atoms with van der Waals surface area (Å²) in [5.41, 5.74) is 0. The van der Waals surface area contributed by atoms with Crippen LogP contribution in [0.2, 0.25) is 0 Å². The summed E-state index contributed by atoms with van der Waals surface area (Å²) < 4.78 is 0. The third-order valence-electron chi connectivity index (χ3n) is 0.715. The second-order valence-electron chi connectivity index (χ2n) is 2.00. The van der Waals surface area contributed by atoms with E-state index in [0.717, 1.165) is 0 Å². The molecule has 0 rings (SSSR count). The molecule has 4 heteroatoms. The van der Waals surface area contributed by atoms with E-state index in [4.69, 9.17) is 23.2 Å². The van der Waals surface area contributed by atoms with Gasteiger partial charge in [-0.15, -0.1) is 0 Å². The fourth-order valence-electron chi connectivity index (χ4n) is 0.381. The van der Waals surface area contributed by atoms with Crippen LogP contribution < -0.4 is 0 Å².